The molecule has 0 bridgehead atoms. The third-order valence-electron chi connectivity index (χ3n) is 4.84. The van der Waals surface area contributed by atoms with Crippen LogP contribution in [0.2, 0.25) is 0 Å². The average molecular weight is 511 g/mol. The monoisotopic (exact) mass is 510 g/mol. The molecule has 0 atom stereocenters. The summed E-state index contributed by atoms with van der Waals surface area (Å²) < 4.78 is 11.6. The zero-order chi connectivity index (χ0) is 22.7. The Kier molecular flexibility index (Phi) is 6.43. The summed E-state index contributed by atoms with van der Waals surface area (Å²) in [6, 6.07) is 18.1. The minimum atomic E-state index is -0.328. The highest BCUT2D eigenvalue weighted by molar-refractivity contribution is 9.10. The molecule has 0 unspecified atom stereocenters. The summed E-state index contributed by atoms with van der Waals surface area (Å²) in [5, 5.41) is 9.41. The van der Waals surface area contributed by atoms with Crippen molar-refractivity contribution in [1.29, 1.82) is 0 Å². The average Bonchev–Trinajstić information content (AvgIpc) is 3.35. The SMILES string of the molecule is COc1cc(NC(=O)c2cc3ccccc3c(Br)c2OC)ccc1NC(=O)c1cccs1. The molecule has 0 saturated heterocycles. The number of nitrogens with one attached hydrogen (secondary N) is 2. The second kappa shape index (κ2) is 9.42. The molecule has 162 valence electrons. The van der Waals surface area contributed by atoms with Crippen molar-refractivity contribution in [1.82, 2.24) is 0 Å². The molecule has 0 aliphatic heterocycles. The second-order valence-electron chi connectivity index (χ2n) is 6.79. The number of benzene rings is 3. The van der Waals surface area contributed by atoms with E-state index in [1.54, 1.807) is 30.3 Å². The Morgan fingerprint density at radius 2 is 1.72 bits per heavy atom. The molecule has 0 fully saturated rings. The number of methoxy groups -OCH3 is 2. The number of carbonyl (C=O) groups excluding carboxylic acids is 2. The minimum Gasteiger partial charge on any atom is -0.495 e. The molecule has 3 aromatic carbocycles. The smallest absolute Gasteiger partial charge is 0.265 e. The summed E-state index contributed by atoms with van der Waals surface area (Å²) >= 11 is 4.91. The van der Waals surface area contributed by atoms with Gasteiger partial charge < -0.3 is 20.1 Å². The standard InChI is InChI=1S/C24H19BrN2O4S/c1-30-19-13-15(9-10-18(19)27-24(29)20-8-5-11-32-20)26-23(28)17-12-14-6-3-4-7-16(14)21(25)22(17)31-2/h3-13H,1-2H3,(H,26,28)(H,27,29). The van der Waals surface area contributed by atoms with Gasteiger partial charge in [0.15, 0.2) is 0 Å². The Hall–Kier alpha value is -3.36. The molecule has 0 aliphatic rings. The van der Waals surface area contributed by atoms with Gasteiger partial charge in [0.25, 0.3) is 11.8 Å². The van der Waals surface area contributed by atoms with Gasteiger partial charge in [-0.15, -0.1) is 11.3 Å². The van der Waals surface area contributed by atoms with E-state index in [2.05, 4.69) is 26.6 Å². The zero-order valence-corrected chi connectivity index (χ0v) is 19.7. The molecule has 32 heavy (non-hydrogen) atoms. The van der Waals surface area contributed by atoms with Gasteiger partial charge in [-0.25, -0.2) is 0 Å². The number of carbonyl (C=O) groups is 2. The lowest BCUT2D eigenvalue weighted by Gasteiger charge is -2.15. The van der Waals surface area contributed by atoms with Crippen LogP contribution in [0.15, 0.2) is 70.5 Å². The van der Waals surface area contributed by atoms with Crippen LogP contribution >= 0.6 is 27.3 Å². The maximum Gasteiger partial charge on any atom is 0.265 e. The van der Waals surface area contributed by atoms with Gasteiger partial charge in [0, 0.05) is 11.8 Å². The second-order valence-corrected chi connectivity index (χ2v) is 8.53. The molecule has 0 aliphatic carbocycles. The number of rotatable bonds is 6. The molecule has 0 radical (unpaired) electrons. The highest BCUT2D eigenvalue weighted by atomic mass is 79.9. The van der Waals surface area contributed by atoms with Crippen LogP contribution in [0.3, 0.4) is 0 Å². The number of hydrogen-bond acceptors (Lipinski definition) is 5. The normalized spacial score (nSPS) is 10.6. The van der Waals surface area contributed by atoms with Gasteiger partial charge in [0.2, 0.25) is 0 Å². The largest absolute Gasteiger partial charge is 0.495 e. The Morgan fingerprint density at radius 3 is 2.44 bits per heavy atom. The number of hydrogen-bond donors (Lipinski definition) is 2. The minimum absolute atomic E-state index is 0.221. The van der Waals surface area contributed by atoms with E-state index >= 15 is 0 Å². The van der Waals surface area contributed by atoms with Crippen LogP contribution in [-0.2, 0) is 0 Å². The first-order valence-corrected chi connectivity index (χ1v) is 11.3. The molecule has 8 heteroatoms. The quantitative estimate of drug-likeness (QED) is 0.324. The Morgan fingerprint density at radius 1 is 0.906 bits per heavy atom. The fourth-order valence-corrected chi connectivity index (χ4v) is 4.67. The van der Waals surface area contributed by atoms with Gasteiger partial charge in [-0.05, 0) is 56.3 Å². The first-order valence-electron chi connectivity index (χ1n) is 9.61. The van der Waals surface area contributed by atoms with Crippen LogP contribution < -0.4 is 20.1 Å². The molecule has 1 aromatic heterocycles. The predicted molar refractivity (Wildman–Crippen MR) is 131 cm³/mol. The van der Waals surface area contributed by atoms with Crippen molar-refractivity contribution in [2.45, 2.75) is 0 Å². The summed E-state index contributed by atoms with van der Waals surface area (Å²) in [7, 11) is 3.03. The lowest BCUT2D eigenvalue weighted by atomic mass is 10.0. The Bertz CT molecular complexity index is 1310. The Balaban J connectivity index is 1.60. The van der Waals surface area contributed by atoms with Gasteiger partial charge >= 0.3 is 0 Å². The van der Waals surface area contributed by atoms with Crippen molar-refractivity contribution in [2.75, 3.05) is 24.9 Å². The third kappa shape index (κ3) is 4.32. The van der Waals surface area contributed by atoms with E-state index in [0.717, 1.165) is 10.8 Å². The first-order chi connectivity index (χ1) is 15.5. The predicted octanol–water partition coefficient (Wildman–Crippen LogP) is 6.19. The van der Waals surface area contributed by atoms with E-state index < -0.39 is 0 Å². The van der Waals surface area contributed by atoms with Gasteiger partial charge in [-0.2, -0.15) is 0 Å². The summed E-state index contributed by atoms with van der Waals surface area (Å²) in [4.78, 5) is 26.0. The maximum absolute atomic E-state index is 13.1. The van der Waals surface area contributed by atoms with E-state index in [0.29, 0.717) is 37.8 Å². The molecular formula is C24H19BrN2O4S. The fraction of sp³-hybridized carbons (Fsp3) is 0.0833. The number of halogens is 1. The van der Waals surface area contributed by atoms with Crippen molar-refractivity contribution in [3.05, 3.63) is 81.0 Å². The molecule has 2 N–H and O–H groups in total. The molecular weight excluding hydrogens is 492 g/mol. The first kappa shape index (κ1) is 21.9. The number of amides is 2. The zero-order valence-electron chi connectivity index (χ0n) is 17.3. The van der Waals surface area contributed by atoms with Gasteiger partial charge in [-0.3, -0.25) is 9.59 Å². The van der Waals surface area contributed by atoms with Crippen LogP contribution in [0, 0.1) is 0 Å². The molecule has 1 heterocycles. The van der Waals surface area contributed by atoms with E-state index in [4.69, 9.17) is 9.47 Å². The highest BCUT2D eigenvalue weighted by Gasteiger charge is 2.19. The van der Waals surface area contributed by atoms with Crippen LogP contribution in [0.4, 0.5) is 11.4 Å². The van der Waals surface area contributed by atoms with Crippen LogP contribution in [-0.4, -0.2) is 26.0 Å². The van der Waals surface area contributed by atoms with Crippen molar-refractivity contribution in [3.8, 4) is 11.5 Å². The number of ether oxygens (including phenoxy) is 2. The van der Waals surface area contributed by atoms with Crippen LogP contribution in [0.1, 0.15) is 20.0 Å². The summed E-state index contributed by atoms with van der Waals surface area (Å²) in [5.41, 5.74) is 1.43. The van der Waals surface area contributed by atoms with Gasteiger partial charge in [-0.1, -0.05) is 30.3 Å². The highest BCUT2D eigenvalue weighted by Crippen LogP contribution is 2.37. The third-order valence-corrected chi connectivity index (χ3v) is 6.50. The van der Waals surface area contributed by atoms with E-state index in [1.807, 2.05) is 35.7 Å². The molecule has 4 rings (SSSR count). The van der Waals surface area contributed by atoms with Crippen LogP contribution in [0.25, 0.3) is 10.8 Å². The Labute approximate surface area is 197 Å². The molecule has 4 aromatic rings. The van der Waals surface area contributed by atoms with Crippen LogP contribution in [0.5, 0.6) is 11.5 Å². The van der Waals surface area contributed by atoms with Gasteiger partial charge in [0.05, 0.1) is 34.8 Å². The molecule has 0 spiro atoms. The van der Waals surface area contributed by atoms with Crippen molar-refractivity contribution in [3.63, 3.8) is 0 Å². The van der Waals surface area contributed by atoms with Crippen molar-refractivity contribution >= 4 is 61.2 Å². The summed E-state index contributed by atoms with van der Waals surface area (Å²) in [5.74, 6) is 0.332. The lowest BCUT2D eigenvalue weighted by molar-refractivity contribution is 0.101. The van der Waals surface area contributed by atoms with Gasteiger partial charge in [0.1, 0.15) is 11.5 Å². The molecule has 2 amide bonds. The number of anilines is 2. The molecule has 0 saturated carbocycles. The summed E-state index contributed by atoms with van der Waals surface area (Å²) in [6.07, 6.45) is 0. The molecule has 6 nitrogen and oxygen atoms in total. The fourth-order valence-electron chi connectivity index (χ4n) is 3.31. The lowest BCUT2D eigenvalue weighted by Crippen LogP contribution is -2.14. The van der Waals surface area contributed by atoms with Crippen molar-refractivity contribution in [2.24, 2.45) is 0 Å². The number of thiophene rings is 1. The van der Waals surface area contributed by atoms with E-state index in [9.17, 15) is 9.59 Å². The summed E-state index contributed by atoms with van der Waals surface area (Å²) in [6.45, 7) is 0. The van der Waals surface area contributed by atoms with E-state index in [1.165, 1.54) is 25.6 Å². The number of fused-ring (bicyclic) bond motifs is 1. The maximum atomic E-state index is 13.1. The topological polar surface area (TPSA) is 76.7 Å². The van der Waals surface area contributed by atoms with E-state index in [-0.39, 0.29) is 11.8 Å². The van der Waals surface area contributed by atoms with Crippen molar-refractivity contribution < 1.29 is 19.1 Å².